The van der Waals surface area contributed by atoms with E-state index in [2.05, 4.69) is 119 Å². The molecule has 2 aromatic heterocycles. The Balaban J connectivity index is 1.22. The first-order chi connectivity index (χ1) is 26.8. The van der Waals surface area contributed by atoms with Crippen molar-refractivity contribution in [3.05, 3.63) is 182 Å². The van der Waals surface area contributed by atoms with E-state index in [9.17, 15) is 0 Å². The summed E-state index contributed by atoms with van der Waals surface area (Å²) in [6.45, 7) is 0. The molecule has 9 aromatic rings. The monoisotopic (exact) mass is 694 g/mol. The van der Waals surface area contributed by atoms with Gasteiger partial charge in [0.05, 0.1) is 34.1 Å². The van der Waals surface area contributed by atoms with E-state index in [4.69, 9.17) is 19.4 Å². The van der Waals surface area contributed by atoms with Crippen LogP contribution in [0.3, 0.4) is 0 Å². The van der Waals surface area contributed by atoms with Gasteiger partial charge in [0.1, 0.15) is 0 Å². The van der Waals surface area contributed by atoms with Gasteiger partial charge in [-0.05, 0) is 119 Å². The molecule has 0 fully saturated rings. The Morgan fingerprint density at radius 3 is 1.04 bits per heavy atom. The molecule has 11 rings (SSSR count). The first kappa shape index (κ1) is 30.2. The van der Waals surface area contributed by atoms with Gasteiger partial charge in [0.25, 0.3) is 0 Å². The molecular weight excluding hydrogens is 665 g/mol. The Kier molecular flexibility index (Phi) is 6.75. The lowest BCUT2D eigenvalue weighted by Crippen LogP contribution is -2.16. The van der Waals surface area contributed by atoms with Gasteiger partial charge >= 0.3 is 0 Å². The number of pyridine rings is 2. The third-order valence-electron chi connectivity index (χ3n) is 10.3. The van der Waals surface area contributed by atoms with Crippen LogP contribution in [0.5, 0.6) is 23.0 Å². The van der Waals surface area contributed by atoms with Crippen molar-refractivity contribution in [3.63, 3.8) is 0 Å². The molecule has 0 amide bonds. The molecule has 0 atom stereocenters. The maximum absolute atomic E-state index is 6.38. The van der Waals surface area contributed by atoms with Gasteiger partial charge in [0.2, 0.25) is 0 Å². The molecule has 54 heavy (non-hydrogen) atoms. The molecule has 0 spiro atoms. The summed E-state index contributed by atoms with van der Waals surface area (Å²) in [6.07, 6.45) is 3.74. The highest BCUT2D eigenvalue weighted by Crippen LogP contribution is 2.54. The minimum Gasteiger partial charge on any atom is -0.453 e. The predicted molar refractivity (Wildman–Crippen MR) is 217 cm³/mol. The van der Waals surface area contributed by atoms with Crippen LogP contribution in [-0.4, -0.2) is 9.97 Å². The quantitative estimate of drug-likeness (QED) is 0.171. The van der Waals surface area contributed by atoms with Crippen molar-refractivity contribution in [1.82, 2.24) is 9.97 Å². The van der Waals surface area contributed by atoms with Gasteiger partial charge in [-0.1, -0.05) is 72.8 Å². The second kappa shape index (κ2) is 12.1. The molecule has 2 aliphatic heterocycles. The molecule has 4 heterocycles. The van der Waals surface area contributed by atoms with Gasteiger partial charge in [0, 0.05) is 34.9 Å². The van der Waals surface area contributed by atoms with Crippen LogP contribution >= 0.6 is 0 Å². The van der Waals surface area contributed by atoms with E-state index in [0.29, 0.717) is 0 Å². The van der Waals surface area contributed by atoms with Crippen molar-refractivity contribution in [2.45, 2.75) is 0 Å². The molecule has 0 saturated heterocycles. The summed E-state index contributed by atoms with van der Waals surface area (Å²) in [7, 11) is 0. The van der Waals surface area contributed by atoms with Crippen molar-refractivity contribution in [2.75, 3.05) is 9.80 Å². The highest BCUT2D eigenvalue weighted by Gasteiger charge is 2.29. The molecule has 2 aliphatic rings. The van der Waals surface area contributed by atoms with Crippen LogP contribution < -0.4 is 19.3 Å². The lowest BCUT2D eigenvalue weighted by atomic mass is 9.87. The fraction of sp³-hybridized carbons (Fsp3) is 0. The third-order valence-corrected chi connectivity index (χ3v) is 10.3. The van der Waals surface area contributed by atoms with Crippen molar-refractivity contribution in [3.8, 4) is 45.5 Å². The SMILES string of the molecule is c1ccc(-c2c3ccc(N4c5ccccc5Oc5ccccc54)cc3c(-c3ccccn3)c3ccc(N4c5ccccc5Oc5ccccc54)cc23)nc1. The number of ether oxygens (including phenoxy) is 2. The van der Waals surface area contributed by atoms with E-state index in [-0.39, 0.29) is 0 Å². The first-order valence-electron chi connectivity index (χ1n) is 18.0. The largest absolute Gasteiger partial charge is 0.453 e. The molecule has 6 nitrogen and oxygen atoms in total. The number of hydrogen-bond donors (Lipinski definition) is 0. The van der Waals surface area contributed by atoms with E-state index >= 15 is 0 Å². The van der Waals surface area contributed by atoms with Gasteiger partial charge in [-0.25, -0.2) is 0 Å². The number of benzene rings is 7. The van der Waals surface area contributed by atoms with E-state index in [0.717, 1.165) is 101 Å². The van der Waals surface area contributed by atoms with Crippen molar-refractivity contribution in [2.24, 2.45) is 0 Å². The zero-order valence-electron chi connectivity index (χ0n) is 28.9. The topological polar surface area (TPSA) is 50.7 Å². The number of aromatic nitrogens is 2. The van der Waals surface area contributed by atoms with Gasteiger partial charge in [0.15, 0.2) is 23.0 Å². The Hall–Kier alpha value is -7.44. The molecule has 0 N–H and O–H groups in total. The Morgan fingerprint density at radius 1 is 0.333 bits per heavy atom. The number of fused-ring (bicyclic) bond motifs is 6. The van der Waals surface area contributed by atoms with Crippen LogP contribution in [0.4, 0.5) is 34.1 Å². The minimum atomic E-state index is 0.813. The highest BCUT2D eigenvalue weighted by molar-refractivity contribution is 6.22. The summed E-state index contributed by atoms with van der Waals surface area (Å²) in [5, 5.41) is 4.33. The van der Waals surface area contributed by atoms with Crippen molar-refractivity contribution >= 4 is 55.7 Å². The molecule has 7 aromatic carbocycles. The lowest BCUT2D eigenvalue weighted by molar-refractivity contribution is 0.477. The fourth-order valence-corrected chi connectivity index (χ4v) is 8.02. The molecule has 0 saturated carbocycles. The molecular formula is C48H30N4O2. The van der Waals surface area contributed by atoms with Crippen LogP contribution in [0.1, 0.15) is 0 Å². The smallest absolute Gasteiger partial charge is 0.151 e. The van der Waals surface area contributed by atoms with Crippen LogP contribution in [-0.2, 0) is 0 Å². The standard InChI is InChI=1S/C48H30N4O2/c1-5-19-43-39(15-1)51(40-16-2-6-20-44(40)53-43)31-23-25-33-35(29-31)47(37-13-9-11-27-49-37)34-26-24-32(30-36(34)48(33)38-14-10-12-28-50-38)52-41-17-3-7-21-45(41)54-46-22-8-4-18-42(46)52/h1-30H. The zero-order chi connectivity index (χ0) is 35.6. The summed E-state index contributed by atoms with van der Waals surface area (Å²) in [5.41, 5.74) is 9.89. The fourth-order valence-electron chi connectivity index (χ4n) is 8.02. The summed E-state index contributed by atoms with van der Waals surface area (Å²) in [5.74, 6) is 3.25. The molecule has 0 aliphatic carbocycles. The van der Waals surface area contributed by atoms with Crippen LogP contribution in [0, 0.1) is 0 Å². The zero-order valence-corrected chi connectivity index (χ0v) is 28.9. The van der Waals surface area contributed by atoms with Gasteiger partial charge in [-0.15, -0.1) is 0 Å². The average Bonchev–Trinajstić information content (AvgIpc) is 3.24. The molecule has 0 radical (unpaired) electrons. The van der Waals surface area contributed by atoms with Gasteiger partial charge < -0.3 is 19.3 Å². The Morgan fingerprint density at radius 2 is 0.685 bits per heavy atom. The Bertz CT molecular complexity index is 2620. The number of para-hydroxylation sites is 8. The summed E-state index contributed by atoms with van der Waals surface area (Å²) >= 11 is 0. The van der Waals surface area contributed by atoms with Crippen molar-refractivity contribution < 1.29 is 9.47 Å². The summed E-state index contributed by atoms with van der Waals surface area (Å²) in [6, 6.07) is 58.5. The lowest BCUT2D eigenvalue weighted by Gasteiger charge is -2.33. The van der Waals surface area contributed by atoms with E-state index in [1.165, 1.54) is 0 Å². The third kappa shape index (κ3) is 4.67. The molecule has 6 heteroatoms. The Labute approximate surface area is 311 Å². The number of rotatable bonds is 4. The second-order valence-corrected chi connectivity index (χ2v) is 13.4. The molecule has 254 valence electrons. The predicted octanol–water partition coefficient (Wildman–Crippen LogP) is 13.3. The van der Waals surface area contributed by atoms with Crippen LogP contribution in [0.25, 0.3) is 44.1 Å². The minimum absolute atomic E-state index is 0.813. The maximum atomic E-state index is 6.38. The van der Waals surface area contributed by atoms with Crippen molar-refractivity contribution in [1.29, 1.82) is 0 Å². The van der Waals surface area contributed by atoms with Crippen LogP contribution in [0.2, 0.25) is 0 Å². The summed E-state index contributed by atoms with van der Waals surface area (Å²) in [4.78, 5) is 14.5. The normalized spacial score (nSPS) is 12.7. The van der Waals surface area contributed by atoms with Gasteiger partial charge in [-0.3, -0.25) is 9.97 Å². The molecule has 0 bridgehead atoms. The van der Waals surface area contributed by atoms with E-state index < -0.39 is 0 Å². The maximum Gasteiger partial charge on any atom is 0.151 e. The highest BCUT2D eigenvalue weighted by atomic mass is 16.5. The number of nitrogens with zero attached hydrogens (tertiary/aromatic N) is 4. The first-order valence-corrected chi connectivity index (χ1v) is 18.0. The van der Waals surface area contributed by atoms with E-state index in [1.54, 1.807) is 0 Å². The average molecular weight is 695 g/mol. The van der Waals surface area contributed by atoms with Gasteiger partial charge in [-0.2, -0.15) is 0 Å². The second-order valence-electron chi connectivity index (χ2n) is 13.4. The number of hydrogen-bond acceptors (Lipinski definition) is 6. The summed E-state index contributed by atoms with van der Waals surface area (Å²) < 4.78 is 12.8. The van der Waals surface area contributed by atoms with E-state index in [1.807, 2.05) is 73.1 Å². The molecule has 0 unspecified atom stereocenters. The number of anilines is 6. The van der Waals surface area contributed by atoms with Crippen LogP contribution in [0.15, 0.2) is 182 Å².